The number of nitrogens with zero attached hydrogens (tertiary/aromatic N) is 4. The van der Waals surface area contributed by atoms with Crippen molar-refractivity contribution in [1.82, 2.24) is 40.0 Å². The summed E-state index contributed by atoms with van der Waals surface area (Å²) < 4.78 is 11.8. The molecule has 55 heavy (non-hydrogen) atoms. The molecule has 0 saturated carbocycles. The Morgan fingerprint density at radius 1 is 0.927 bits per heavy atom. The van der Waals surface area contributed by atoms with Crippen LogP contribution in [0, 0.1) is 5.92 Å². The average Bonchev–Trinajstić information content (AvgIpc) is 4.01. The first-order chi connectivity index (χ1) is 26.6. The topological polar surface area (TPSA) is 176 Å². The molecule has 5 aromatic rings. The SMILES string of the molecule is COC(=O)N[C@H]1CCc2ccn3c2C1C(=O)C[C@H](c1ncc(-c2ccc(-c4ccc5nc([C@@H]6CCCN6C(=O)[C@@H](NC(=O)OC)C(C)C)[nH]c5c4)cc2)[nH]1)C3. The molecule has 1 unspecified atom stereocenters. The Bertz CT molecular complexity index is 2250. The standard InChI is InChI=1S/C41H46N8O6/c1-22(2)35(47-41(53)55-4)39(51)49-16-5-6-32(49)38-43-28-13-12-26(18-30(28)44-38)23-7-9-24(10-8-23)31-20-42-37(45-31)27-19-33(50)34-29(46-40(52)54-3)14-11-25-15-17-48(21-27)36(25)34/h7-10,12-13,15,17-18,20,22,27,29,32,34-35H,5-6,11,14,16,19,21H2,1-4H3,(H,42,45)(H,43,44)(H,46,52)(H,47,53)/t27-,29-,32-,34?,35-/m0/s1. The maximum absolute atomic E-state index is 13.8. The van der Waals surface area contributed by atoms with Crippen LogP contribution in [-0.4, -0.2) is 86.1 Å². The number of amides is 3. The zero-order valence-corrected chi connectivity index (χ0v) is 31.4. The fourth-order valence-corrected chi connectivity index (χ4v) is 8.64. The maximum Gasteiger partial charge on any atom is 0.407 e. The number of alkyl carbamates (subject to hydrolysis) is 2. The van der Waals surface area contributed by atoms with Gasteiger partial charge in [0.05, 0.1) is 49.1 Å². The number of carbonyl (C=O) groups excluding carboxylic acids is 4. The second-order valence-electron chi connectivity index (χ2n) is 15.2. The lowest BCUT2D eigenvalue weighted by Crippen LogP contribution is -2.51. The molecule has 1 fully saturated rings. The summed E-state index contributed by atoms with van der Waals surface area (Å²) in [5, 5.41) is 5.61. The van der Waals surface area contributed by atoms with Gasteiger partial charge in [0.25, 0.3) is 0 Å². The third kappa shape index (κ3) is 6.85. The highest BCUT2D eigenvalue weighted by molar-refractivity contribution is 5.89. The van der Waals surface area contributed by atoms with Crippen LogP contribution in [0.25, 0.3) is 33.4 Å². The van der Waals surface area contributed by atoms with Crippen molar-refractivity contribution in [3.8, 4) is 22.4 Å². The van der Waals surface area contributed by atoms with Crippen LogP contribution in [0.1, 0.15) is 80.3 Å². The first kappa shape index (κ1) is 36.1. The number of ether oxygens (including phenoxy) is 2. The second-order valence-corrected chi connectivity index (χ2v) is 15.2. The number of aryl methyl sites for hydroxylation is 1. The van der Waals surface area contributed by atoms with Crippen molar-refractivity contribution >= 4 is 34.9 Å². The zero-order chi connectivity index (χ0) is 38.4. The number of nitrogens with one attached hydrogen (secondary N) is 4. The minimum absolute atomic E-state index is 0.0928. The second kappa shape index (κ2) is 14.7. The van der Waals surface area contributed by atoms with Crippen LogP contribution >= 0.6 is 0 Å². The molecule has 0 spiro atoms. The first-order valence-corrected chi connectivity index (χ1v) is 19.0. The molecule has 0 bridgehead atoms. The Hall–Kier alpha value is -5.92. The van der Waals surface area contributed by atoms with E-state index in [0.717, 1.165) is 75.6 Å². The smallest absolute Gasteiger partial charge is 0.407 e. The number of likely N-dealkylation sites (tertiary alicyclic amines) is 1. The van der Waals surface area contributed by atoms with Crippen molar-refractivity contribution in [2.75, 3.05) is 20.8 Å². The van der Waals surface area contributed by atoms with Gasteiger partial charge in [0.1, 0.15) is 23.5 Å². The van der Waals surface area contributed by atoms with Gasteiger partial charge in [0, 0.05) is 43.4 Å². The molecule has 0 radical (unpaired) electrons. The first-order valence-electron chi connectivity index (χ1n) is 19.0. The predicted molar refractivity (Wildman–Crippen MR) is 204 cm³/mol. The Labute approximate surface area is 318 Å². The van der Waals surface area contributed by atoms with Crippen LogP contribution < -0.4 is 10.6 Å². The molecule has 1 saturated heterocycles. The maximum atomic E-state index is 13.8. The fourth-order valence-electron chi connectivity index (χ4n) is 8.64. The van der Waals surface area contributed by atoms with E-state index < -0.39 is 24.1 Å². The molecule has 14 heteroatoms. The van der Waals surface area contributed by atoms with E-state index in [4.69, 9.17) is 19.4 Å². The zero-order valence-electron chi connectivity index (χ0n) is 31.4. The number of carbonyl (C=O) groups is 4. The third-order valence-electron chi connectivity index (χ3n) is 11.5. The highest BCUT2D eigenvalue weighted by Crippen LogP contribution is 2.40. The largest absolute Gasteiger partial charge is 0.453 e. The van der Waals surface area contributed by atoms with Crippen LogP contribution in [-0.2, 0) is 32.0 Å². The molecule has 8 rings (SSSR count). The van der Waals surface area contributed by atoms with Gasteiger partial charge in [-0.1, -0.05) is 44.2 Å². The van der Waals surface area contributed by atoms with Gasteiger partial charge < -0.3 is 39.5 Å². The van der Waals surface area contributed by atoms with Crippen molar-refractivity contribution in [1.29, 1.82) is 0 Å². The molecule has 5 atom stereocenters. The monoisotopic (exact) mass is 746 g/mol. The number of aromatic amines is 2. The number of hydrogen-bond donors (Lipinski definition) is 4. The number of benzene rings is 2. The van der Waals surface area contributed by atoms with Crippen LogP contribution in [0.4, 0.5) is 9.59 Å². The number of imidazole rings is 2. The molecule has 2 aromatic carbocycles. The van der Waals surface area contributed by atoms with Gasteiger partial charge in [0.15, 0.2) is 0 Å². The lowest BCUT2D eigenvalue weighted by Gasteiger charge is -2.31. The number of ketones is 1. The summed E-state index contributed by atoms with van der Waals surface area (Å²) in [5.74, 6) is 0.768. The lowest BCUT2D eigenvalue weighted by molar-refractivity contribution is -0.135. The van der Waals surface area contributed by atoms with E-state index in [2.05, 4.69) is 61.6 Å². The lowest BCUT2D eigenvalue weighted by atomic mass is 9.79. The Morgan fingerprint density at radius 2 is 1.69 bits per heavy atom. The van der Waals surface area contributed by atoms with E-state index in [1.165, 1.54) is 14.2 Å². The molecule has 286 valence electrons. The van der Waals surface area contributed by atoms with E-state index in [9.17, 15) is 19.2 Å². The quantitative estimate of drug-likeness (QED) is 0.150. The van der Waals surface area contributed by atoms with E-state index in [0.29, 0.717) is 25.9 Å². The van der Waals surface area contributed by atoms with E-state index in [1.807, 2.05) is 43.3 Å². The fraction of sp³-hybridized carbons (Fsp3) is 0.415. The predicted octanol–water partition coefficient (Wildman–Crippen LogP) is 5.98. The molecule has 3 aliphatic rings. The van der Waals surface area contributed by atoms with Crippen molar-refractivity contribution in [3.05, 3.63) is 83.8 Å². The van der Waals surface area contributed by atoms with Crippen LogP contribution in [0.5, 0.6) is 0 Å². The summed E-state index contributed by atoms with van der Waals surface area (Å²) >= 11 is 0. The van der Waals surface area contributed by atoms with E-state index in [-0.39, 0.29) is 35.6 Å². The summed E-state index contributed by atoms with van der Waals surface area (Å²) in [5.41, 5.74) is 7.74. The molecule has 14 nitrogen and oxygen atoms in total. The summed E-state index contributed by atoms with van der Waals surface area (Å²) in [6, 6.07) is 15.2. The number of hydrogen-bond acceptors (Lipinski definition) is 8. The van der Waals surface area contributed by atoms with E-state index >= 15 is 0 Å². The molecular formula is C41H46N8O6. The number of rotatable bonds is 8. The van der Waals surface area contributed by atoms with Gasteiger partial charge in [-0.2, -0.15) is 0 Å². The van der Waals surface area contributed by atoms with Crippen LogP contribution in [0.3, 0.4) is 0 Å². The van der Waals surface area contributed by atoms with Crippen molar-refractivity contribution in [2.45, 2.75) is 82.5 Å². The van der Waals surface area contributed by atoms with Crippen molar-refractivity contribution < 1.29 is 28.7 Å². The molecule has 2 aliphatic heterocycles. The van der Waals surface area contributed by atoms with E-state index in [1.54, 1.807) is 0 Å². The van der Waals surface area contributed by atoms with Gasteiger partial charge in [-0.3, -0.25) is 9.59 Å². The van der Waals surface area contributed by atoms with Crippen LogP contribution in [0.15, 0.2) is 60.9 Å². The summed E-state index contributed by atoms with van der Waals surface area (Å²) in [6.45, 7) is 5.01. The molecule has 5 heterocycles. The average molecular weight is 747 g/mol. The number of H-pyrrole nitrogens is 2. The highest BCUT2D eigenvalue weighted by Gasteiger charge is 2.42. The number of aromatic nitrogens is 5. The number of Topliss-reactive ketones (excluding diaryl/α,β-unsaturated/α-hetero) is 1. The Balaban J connectivity index is 0.974. The van der Waals surface area contributed by atoms with Crippen molar-refractivity contribution in [3.63, 3.8) is 0 Å². The van der Waals surface area contributed by atoms with Crippen LogP contribution in [0.2, 0.25) is 0 Å². The minimum atomic E-state index is -0.694. The molecule has 3 amide bonds. The summed E-state index contributed by atoms with van der Waals surface area (Å²) in [4.78, 5) is 69.9. The van der Waals surface area contributed by atoms with Gasteiger partial charge in [0.2, 0.25) is 5.91 Å². The summed E-state index contributed by atoms with van der Waals surface area (Å²) in [6.07, 6.45) is 6.14. The number of fused-ring (bicyclic) bond motifs is 1. The highest BCUT2D eigenvalue weighted by atomic mass is 16.5. The van der Waals surface area contributed by atoms with Gasteiger partial charge in [-0.05, 0) is 72.1 Å². The number of methoxy groups -OCH3 is 2. The molecule has 1 aliphatic carbocycles. The van der Waals surface area contributed by atoms with Gasteiger partial charge >= 0.3 is 12.2 Å². The van der Waals surface area contributed by atoms with Crippen molar-refractivity contribution in [2.24, 2.45) is 5.92 Å². The molecule has 3 aromatic heterocycles. The van der Waals surface area contributed by atoms with Gasteiger partial charge in [-0.25, -0.2) is 19.6 Å². The third-order valence-corrected chi connectivity index (χ3v) is 11.5. The Morgan fingerprint density at radius 3 is 2.45 bits per heavy atom. The summed E-state index contributed by atoms with van der Waals surface area (Å²) in [7, 11) is 2.63. The molecular weight excluding hydrogens is 701 g/mol. The van der Waals surface area contributed by atoms with Gasteiger partial charge in [-0.15, -0.1) is 0 Å². The molecule has 4 N–H and O–H groups in total. The minimum Gasteiger partial charge on any atom is -0.453 e. The normalized spacial score (nSPS) is 21.3. The Kier molecular flexibility index (Phi) is 9.66.